The number of benzene rings is 2. The van der Waals surface area contributed by atoms with Crippen molar-refractivity contribution in [3.05, 3.63) is 85.8 Å². The molecule has 1 aromatic heterocycles. The molecule has 3 N–H and O–H groups in total. The molecule has 1 amide bonds. The molecule has 8 nitrogen and oxygen atoms in total. The lowest BCUT2D eigenvalue weighted by Crippen LogP contribution is -2.38. The van der Waals surface area contributed by atoms with E-state index >= 15 is 0 Å². The van der Waals surface area contributed by atoms with Gasteiger partial charge in [-0.1, -0.05) is 70.1 Å². The van der Waals surface area contributed by atoms with Gasteiger partial charge in [-0.05, 0) is 50.5 Å². The quantitative estimate of drug-likeness (QED) is 0.303. The first-order valence-electron chi connectivity index (χ1n) is 12.4. The Morgan fingerprint density at radius 2 is 1.98 bits per heavy atom. The molecule has 1 aliphatic heterocycles. The number of aryl methyl sites for hydroxylation is 2. The highest BCUT2D eigenvalue weighted by Crippen LogP contribution is 2.49. The van der Waals surface area contributed by atoms with Crippen LogP contribution in [0.3, 0.4) is 0 Å². The molecule has 2 heterocycles. The van der Waals surface area contributed by atoms with E-state index in [0.29, 0.717) is 55.6 Å². The van der Waals surface area contributed by atoms with Crippen LogP contribution in [-0.2, 0) is 9.59 Å². The topological polar surface area (TPSA) is 125 Å². The van der Waals surface area contributed by atoms with Crippen molar-refractivity contribution >= 4 is 68.8 Å². The molecule has 5 rings (SSSR count). The molecule has 1 atom stereocenters. The molecule has 0 spiro atoms. The van der Waals surface area contributed by atoms with Gasteiger partial charge in [-0.15, -0.1) is 10.2 Å². The Kier molecular flexibility index (Phi) is 8.19. The number of allylic oxidation sites excluding steroid dienone is 3. The predicted octanol–water partition coefficient (Wildman–Crippen LogP) is 6.50. The van der Waals surface area contributed by atoms with Crippen LogP contribution in [0.15, 0.2) is 63.4 Å². The Morgan fingerprint density at radius 3 is 2.67 bits per heavy atom. The van der Waals surface area contributed by atoms with E-state index in [1.165, 1.54) is 23.1 Å². The average Bonchev–Trinajstić information content (AvgIpc) is 3.37. The van der Waals surface area contributed by atoms with Crippen LogP contribution in [0.25, 0.3) is 0 Å². The Morgan fingerprint density at radius 1 is 1.23 bits per heavy atom. The number of nitrogens with two attached hydrogens (primary N) is 1. The normalized spacial score (nSPS) is 17.1. The summed E-state index contributed by atoms with van der Waals surface area (Å²) in [5.74, 6) is -0.746. The number of carbonyl (C=O) groups excluding carboxylic acids is 2. The lowest BCUT2D eigenvalue weighted by molar-refractivity contribution is -0.116. The van der Waals surface area contributed by atoms with Crippen molar-refractivity contribution in [1.82, 2.24) is 10.2 Å². The summed E-state index contributed by atoms with van der Waals surface area (Å²) in [4.78, 5) is 27.6. The zero-order valence-corrected chi connectivity index (χ0v) is 24.8. The number of anilines is 2. The van der Waals surface area contributed by atoms with Crippen molar-refractivity contribution in [2.75, 3.05) is 16.0 Å². The van der Waals surface area contributed by atoms with Crippen molar-refractivity contribution in [2.24, 2.45) is 5.73 Å². The number of nitrogens with one attached hydrogen (secondary N) is 1. The number of hydrogen-bond acceptors (Lipinski definition) is 9. The molecule has 40 heavy (non-hydrogen) atoms. The lowest BCUT2D eigenvalue weighted by atomic mass is 9.75. The number of amides is 1. The summed E-state index contributed by atoms with van der Waals surface area (Å²) in [7, 11) is 0. The molecule has 2 aromatic carbocycles. The van der Waals surface area contributed by atoms with E-state index in [0.717, 1.165) is 16.8 Å². The van der Waals surface area contributed by atoms with Gasteiger partial charge in [0.05, 0.1) is 23.3 Å². The molecule has 0 saturated carbocycles. The van der Waals surface area contributed by atoms with Crippen LogP contribution < -0.4 is 16.0 Å². The summed E-state index contributed by atoms with van der Waals surface area (Å²) < 4.78 is 0.553. The summed E-state index contributed by atoms with van der Waals surface area (Å²) >= 11 is 15.6. The monoisotopic (exact) mass is 610 g/mol. The first-order chi connectivity index (χ1) is 19.2. The van der Waals surface area contributed by atoms with Gasteiger partial charge < -0.3 is 11.1 Å². The van der Waals surface area contributed by atoms with Crippen LogP contribution in [0, 0.1) is 25.2 Å². The van der Waals surface area contributed by atoms with E-state index in [9.17, 15) is 14.9 Å². The van der Waals surface area contributed by atoms with Crippen LogP contribution in [-0.4, -0.2) is 27.6 Å². The van der Waals surface area contributed by atoms with Gasteiger partial charge in [0.15, 0.2) is 10.1 Å². The molecule has 0 saturated heterocycles. The number of rotatable bonds is 6. The Hall–Kier alpha value is -3.36. The standard InChI is InChI=1S/C28H24Cl2N6O2S2/c1-14-9-10-19(15(2)11-14)33-22(38)13-39-28-35-34-27(40-28)36-20-7-4-8-21(37)25(20)23(16(12-31)26(36)32)24-17(29)5-3-6-18(24)30/h3,5-6,9-11,23H,4,7-8,13,32H2,1-2H3,(H,33,38). The van der Waals surface area contributed by atoms with Crippen LogP contribution in [0.5, 0.6) is 0 Å². The fourth-order valence-electron chi connectivity index (χ4n) is 5.00. The van der Waals surface area contributed by atoms with E-state index in [2.05, 4.69) is 21.6 Å². The molecular formula is C28H24Cl2N6O2S2. The number of thioether (sulfide) groups is 1. The van der Waals surface area contributed by atoms with Crippen molar-refractivity contribution in [1.29, 1.82) is 5.26 Å². The van der Waals surface area contributed by atoms with E-state index < -0.39 is 5.92 Å². The number of nitriles is 1. The van der Waals surface area contributed by atoms with Crippen molar-refractivity contribution < 1.29 is 9.59 Å². The van der Waals surface area contributed by atoms with Crippen LogP contribution in [0.1, 0.15) is 41.9 Å². The minimum absolute atomic E-state index is 0.0883. The average molecular weight is 612 g/mol. The van der Waals surface area contributed by atoms with E-state index in [1.54, 1.807) is 23.1 Å². The third-order valence-electron chi connectivity index (χ3n) is 6.77. The first-order valence-corrected chi connectivity index (χ1v) is 15.0. The minimum Gasteiger partial charge on any atom is -0.384 e. The van der Waals surface area contributed by atoms with Gasteiger partial charge in [-0.3, -0.25) is 14.5 Å². The summed E-state index contributed by atoms with van der Waals surface area (Å²) in [6.07, 6.45) is 1.53. The molecule has 0 bridgehead atoms. The van der Waals surface area contributed by atoms with Gasteiger partial charge in [0, 0.05) is 39.0 Å². The maximum atomic E-state index is 13.3. The van der Waals surface area contributed by atoms with E-state index in [1.807, 2.05) is 32.0 Å². The molecule has 1 aliphatic carbocycles. The lowest BCUT2D eigenvalue weighted by Gasteiger charge is -2.38. The summed E-state index contributed by atoms with van der Waals surface area (Å²) in [6, 6.07) is 13.1. The van der Waals surface area contributed by atoms with Gasteiger partial charge in [-0.25, -0.2) is 0 Å². The third-order valence-corrected chi connectivity index (χ3v) is 9.47. The van der Waals surface area contributed by atoms with Gasteiger partial charge in [0.1, 0.15) is 5.82 Å². The number of aromatic nitrogens is 2. The SMILES string of the molecule is Cc1ccc(NC(=O)CSc2nnc(N3C(N)=C(C#N)C(c4c(Cl)cccc4Cl)C4=C3CCCC4=O)s2)c(C)c1. The van der Waals surface area contributed by atoms with Gasteiger partial charge >= 0.3 is 0 Å². The predicted molar refractivity (Wildman–Crippen MR) is 160 cm³/mol. The van der Waals surface area contributed by atoms with Crippen LogP contribution in [0.2, 0.25) is 10.0 Å². The van der Waals surface area contributed by atoms with Crippen LogP contribution in [0.4, 0.5) is 10.8 Å². The van der Waals surface area contributed by atoms with E-state index in [4.69, 9.17) is 28.9 Å². The highest BCUT2D eigenvalue weighted by atomic mass is 35.5. The number of Topliss-reactive ketones (excluding diaryl/α,β-unsaturated/α-hetero) is 1. The summed E-state index contributed by atoms with van der Waals surface area (Å²) in [5.41, 5.74) is 11.2. The molecule has 0 fully saturated rings. The fourth-order valence-corrected chi connectivity index (χ4v) is 7.30. The number of hydrogen-bond donors (Lipinski definition) is 2. The van der Waals surface area contributed by atoms with Gasteiger partial charge in [0.25, 0.3) is 0 Å². The smallest absolute Gasteiger partial charge is 0.234 e. The number of ketones is 1. The molecule has 0 radical (unpaired) electrons. The second-order valence-corrected chi connectivity index (χ2v) is 12.5. The maximum Gasteiger partial charge on any atom is 0.234 e. The zero-order valence-electron chi connectivity index (χ0n) is 21.6. The number of carbonyl (C=O) groups is 2. The molecule has 12 heteroatoms. The molecule has 204 valence electrons. The van der Waals surface area contributed by atoms with Crippen LogP contribution >= 0.6 is 46.3 Å². The molecule has 1 unspecified atom stereocenters. The first kappa shape index (κ1) is 28.2. The maximum absolute atomic E-state index is 13.3. The summed E-state index contributed by atoms with van der Waals surface area (Å²) in [5, 5.41) is 22.8. The Balaban J connectivity index is 1.44. The minimum atomic E-state index is -0.777. The number of halogens is 2. The summed E-state index contributed by atoms with van der Waals surface area (Å²) in [6.45, 7) is 3.95. The van der Waals surface area contributed by atoms with Crippen molar-refractivity contribution in [3.8, 4) is 6.07 Å². The van der Waals surface area contributed by atoms with Crippen molar-refractivity contribution in [2.45, 2.75) is 43.4 Å². The Labute approximate surface area is 249 Å². The Bertz CT molecular complexity index is 1620. The van der Waals surface area contributed by atoms with Crippen molar-refractivity contribution in [3.63, 3.8) is 0 Å². The molecule has 2 aliphatic rings. The highest BCUT2D eigenvalue weighted by Gasteiger charge is 2.42. The number of nitrogens with zero attached hydrogens (tertiary/aromatic N) is 4. The van der Waals surface area contributed by atoms with E-state index in [-0.39, 0.29) is 28.8 Å². The largest absolute Gasteiger partial charge is 0.384 e. The fraction of sp³-hybridized carbons (Fsp3) is 0.250. The molecular weight excluding hydrogens is 587 g/mol. The second kappa shape index (κ2) is 11.6. The van der Waals surface area contributed by atoms with Gasteiger partial charge in [-0.2, -0.15) is 5.26 Å². The highest BCUT2D eigenvalue weighted by molar-refractivity contribution is 8.01. The second-order valence-electron chi connectivity index (χ2n) is 9.46. The third kappa shape index (κ3) is 5.34. The molecule has 3 aromatic rings. The van der Waals surface area contributed by atoms with Gasteiger partial charge in [0.2, 0.25) is 11.0 Å². The zero-order chi connectivity index (χ0) is 28.6.